The molecule has 4 rings (SSSR count). The molecule has 28 heavy (non-hydrogen) atoms. The Labute approximate surface area is 161 Å². The number of hydrogen-bond donors (Lipinski definition) is 4. The summed E-state index contributed by atoms with van der Waals surface area (Å²) in [4.78, 5) is 22.7. The Morgan fingerprint density at radius 1 is 1.04 bits per heavy atom. The number of anilines is 3. The predicted octanol–water partition coefficient (Wildman–Crippen LogP) is 4.05. The minimum absolute atomic E-state index is 0.243. The van der Waals surface area contributed by atoms with E-state index >= 15 is 0 Å². The molecule has 0 aliphatic heterocycles. The molecule has 2 aromatic carbocycles. The van der Waals surface area contributed by atoms with Crippen LogP contribution in [0.3, 0.4) is 0 Å². The third kappa shape index (κ3) is 3.93. The first-order chi connectivity index (χ1) is 13.7. The molecule has 0 fully saturated rings. The minimum Gasteiger partial charge on any atom is -0.478 e. The molecule has 2 heterocycles. The van der Waals surface area contributed by atoms with Gasteiger partial charge in [0.1, 0.15) is 18.0 Å². The number of carbonyl (C=O) groups is 1. The van der Waals surface area contributed by atoms with Crippen molar-refractivity contribution in [3.8, 4) is 0 Å². The Morgan fingerprint density at radius 2 is 1.82 bits per heavy atom. The lowest BCUT2D eigenvalue weighted by Crippen LogP contribution is -2.07. The number of nitrogens with zero attached hydrogens (tertiary/aromatic N) is 2. The van der Waals surface area contributed by atoms with Crippen LogP contribution >= 0.6 is 0 Å². The van der Waals surface area contributed by atoms with Crippen LogP contribution in [0.1, 0.15) is 15.9 Å². The van der Waals surface area contributed by atoms with E-state index in [1.54, 1.807) is 24.3 Å². The first kappa shape index (κ1) is 17.5. The summed E-state index contributed by atoms with van der Waals surface area (Å²) in [7, 11) is 0. The number of aromatic nitrogens is 3. The van der Waals surface area contributed by atoms with Crippen LogP contribution in [0.4, 0.5) is 17.3 Å². The minimum atomic E-state index is -0.949. The molecule has 0 aliphatic rings. The average Bonchev–Trinajstić information content (AvgIpc) is 3.12. The van der Waals surface area contributed by atoms with Gasteiger partial charge in [-0.25, -0.2) is 14.8 Å². The third-order valence-corrected chi connectivity index (χ3v) is 4.45. The van der Waals surface area contributed by atoms with Gasteiger partial charge in [0.05, 0.1) is 5.56 Å². The van der Waals surface area contributed by atoms with Gasteiger partial charge in [0.2, 0.25) is 0 Å². The van der Waals surface area contributed by atoms with Gasteiger partial charge < -0.3 is 20.7 Å². The van der Waals surface area contributed by atoms with Gasteiger partial charge in [-0.15, -0.1) is 0 Å². The second-order valence-electron chi connectivity index (χ2n) is 6.33. The van der Waals surface area contributed by atoms with Crippen LogP contribution in [-0.4, -0.2) is 32.6 Å². The summed E-state index contributed by atoms with van der Waals surface area (Å²) in [6.07, 6.45) is 4.40. The molecule has 0 saturated carbocycles. The number of carboxylic acid groups (broad SMARTS) is 1. The van der Waals surface area contributed by atoms with Crippen LogP contribution in [0, 0.1) is 0 Å². The van der Waals surface area contributed by atoms with Crippen molar-refractivity contribution < 1.29 is 9.90 Å². The van der Waals surface area contributed by atoms with Gasteiger partial charge in [0.15, 0.2) is 0 Å². The molecule has 140 valence electrons. The molecule has 0 unspecified atom stereocenters. The van der Waals surface area contributed by atoms with Crippen LogP contribution in [0.15, 0.2) is 67.1 Å². The molecular formula is C21H19N5O2. The fourth-order valence-electron chi connectivity index (χ4n) is 3.03. The van der Waals surface area contributed by atoms with Gasteiger partial charge in [-0.1, -0.05) is 18.2 Å². The molecule has 0 saturated heterocycles. The van der Waals surface area contributed by atoms with Crippen molar-refractivity contribution in [2.45, 2.75) is 6.42 Å². The van der Waals surface area contributed by atoms with E-state index in [9.17, 15) is 4.79 Å². The predicted molar refractivity (Wildman–Crippen MR) is 109 cm³/mol. The van der Waals surface area contributed by atoms with Gasteiger partial charge in [0.25, 0.3) is 0 Å². The van der Waals surface area contributed by atoms with Gasteiger partial charge >= 0.3 is 5.97 Å². The fourth-order valence-corrected chi connectivity index (χ4v) is 3.03. The van der Waals surface area contributed by atoms with Crippen molar-refractivity contribution in [2.24, 2.45) is 0 Å². The molecule has 0 spiro atoms. The van der Waals surface area contributed by atoms with E-state index in [0.29, 0.717) is 5.82 Å². The molecule has 7 nitrogen and oxygen atoms in total. The lowest BCUT2D eigenvalue weighted by molar-refractivity contribution is 0.0697. The van der Waals surface area contributed by atoms with E-state index in [4.69, 9.17) is 5.11 Å². The van der Waals surface area contributed by atoms with E-state index in [2.05, 4.69) is 37.7 Å². The summed E-state index contributed by atoms with van der Waals surface area (Å²) in [5.74, 6) is 0.405. The molecule has 0 aliphatic carbocycles. The summed E-state index contributed by atoms with van der Waals surface area (Å²) in [6, 6.07) is 16.6. The van der Waals surface area contributed by atoms with Gasteiger partial charge in [-0.2, -0.15) is 0 Å². The van der Waals surface area contributed by atoms with Crippen LogP contribution in [0.2, 0.25) is 0 Å². The summed E-state index contributed by atoms with van der Waals surface area (Å²) >= 11 is 0. The number of aromatic amines is 1. The largest absolute Gasteiger partial charge is 0.478 e. The quantitative estimate of drug-likeness (QED) is 0.390. The monoisotopic (exact) mass is 373 g/mol. The summed E-state index contributed by atoms with van der Waals surface area (Å²) in [5.41, 5.74) is 3.40. The van der Waals surface area contributed by atoms with Gasteiger partial charge in [-0.3, -0.25) is 0 Å². The second kappa shape index (κ2) is 7.79. The molecule has 2 aromatic heterocycles. The fraction of sp³-hybridized carbons (Fsp3) is 0.0952. The lowest BCUT2D eigenvalue weighted by Gasteiger charge is -2.09. The molecule has 4 aromatic rings. The third-order valence-electron chi connectivity index (χ3n) is 4.45. The number of hydrogen-bond acceptors (Lipinski definition) is 5. The number of nitrogens with one attached hydrogen (secondary N) is 3. The highest BCUT2D eigenvalue weighted by molar-refractivity contribution is 5.88. The standard InChI is InChI=1S/C21H19N5O2/c27-21(28)14-5-7-16(8-6-14)26-20-11-19(24-13-25-20)22-10-9-15-12-23-18-4-2-1-3-17(15)18/h1-8,11-13,23H,9-10H2,(H,27,28)(H2,22,24,25,26). The first-order valence-electron chi connectivity index (χ1n) is 8.90. The summed E-state index contributed by atoms with van der Waals surface area (Å²) in [6.45, 7) is 0.742. The summed E-state index contributed by atoms with van der Waals surface area (Å²) in [5, 5.41) is 16.7. The van der Waals surface area contributed by atoms with E-state index < -0.39 is 5.97 Å². The van der Waals surface area contributed by atoms with Gasteiger partial charge in [0, 0.05) is 35.4 Å². The Hall–Kier alpha value is -3.87. The normalized spacial score (nSPS) is 10.7. The second-order valence-corrected chi connectivity index (χ2v) is 6.33. The van der Waals surface area contributed by atoms with E-state index in [1.807, 2.05) is 24.4 Å². The number of H-pyrrole nitrogens is 1. The molecule has 0 radical (unpaired) electrons. The molecule has 0 atom stereocenters. The zero-order valence-electron chi connectivity index (χ0n) is 15.0. The first-order valence-corrected chi connectivity index (χ1v) is 8.90. The average molecular weight is 373 g/mol. The smallest absolute Gasteiger partial charge is 0.335 e. The van der Waals surface area contributed by atoms with Crippen molar-refractivity contribution >= 4 is 34.2 Å². The van der Waals surface area contributed by atoms with Gasteiger partial charge in [-0.05, 0) is 42.3 Å². The Balaban J connectivity index is 1.37. The molecule has 0 amide bonds. The van der Waals surface area contributed by atoms with E-state index in [-0.39, 0.29) is 5.56 Å². The number of para-hydroxylation sites is 1. The van der Waals surface area contributed by atoms with Crippen molar-refractivity contribution in [1.29, 1.82) is 0 Å². The Kier molecular flexibility index (Phi) is 4.88. The molecular weight excluding hydrogens is 354 g/mol. The number of fused-ring (bicyclic) bond motifs is 1. The Morgan fingerprint density at radius 3 is 2.64 bits per heavy atom. The highest BCUT2D eigenvalue weighted by Crippen LogP contribution is 2.19. The summed E-state index contributed by atoms with van der Waals surface area (Å²) < 4.78 is 0. The molecule has 0 bridgehead atoms. The maximum atomic E-state index is 10.9. The lowest BCUT2D eigenvalue weighted by atomic mass is 10.1. The number of rotatable bonds is 7. The van der Waals surface area contributed by atoms with Crippen LogP contribution in [0.25, 0.3) is 10.9 Å². The van der Waals surface area contributed by atoms with Crippen molar-refractivity contribution in [1.82, 2.24) is 15.0 Å². The highest BCUT2D eigenvalue weighted by atomic mass is 16.4. The zero-order valence-corrected chi connectivity index (χ0v) is 15.0. The number of aromatic carboxylic acids is 1. The van der Waals surface area contributed by atoms with Crippen molar-refractivity contribution in [2.75, 3.05) is 17.2 Å². The highest BCUT2D eigenvalue weighted by Gasteiger charge is 2.05. The molecule has 7 heteroatoms. The van der Waals surface area contributed by atoms with E-state index in [1.165, 1.54) is 17.3 Å². The SMILES string of the molecule is O=C(O)c1ccc(Nc2cc(NCCc3c[nH]c4ccccc34)ncn2)cc1. The maximum absolute atomic E-state index is 10.9. The van der Waals surface area contributed by atoms with Crippen molar-refractivity contribution in [3.63, 3.8) is 0 Å². The topological polar surface area (TPSA) is 103 Å². The van der Waals surface area contributed by atoms with Crippen molar-refractivity contribution in [3.05, 3.63) is 78.2 Å². The van der Waals surface area contributed by atoms with Crippen LogP contribution < -0.4 is 10.6 Å². The molecule has 4 N–H and O–H groups in total. The number of carboxylic acids is 1. The maximum Gasteiger partial charge on any atom is 0.335 e. The zero-order chi connectivity index (χ0) is 19.3. The Bertz CT molecular complexity index is 1110. The number of benzene rings is 2. The van der Waals surface area contributed by atoms with Crippen LogP contribution in [-0.2, 0) is 6.42 Å². The van der Waals surface area contributed by atoms with Crippen LogP contribution in [0.5, 0.6) is 0 Å². The van der Waals surface area contributed by atoms with E-state index in [0.717, 1.165) is 30.0 Å².